The van der Waals surface area contributed by atoms with E-state index in [9.17, 15) is 39.6 Å². The van der Waals surface area contributed by atoms with Crippen molar-refractivity contribution >= 4 is 27.5 Å². The van der Waals surface area contributed by atoms with E-state index in [1.165, 1.54) is 18.2 Å². The zero-order chi connectivity index (χ0) is 27.2. The van der Waals surface area contributed by atoms with Gasteiger partial charge < -0.3 is 4.74 Å². The van der Waals surface area contributed by atoms with Gasteiger partial charge in [0.15, 0.2) is 17.1 Å². The molecule has 0 atom stereocenters. The third-order valence-corrected chi connectivity index (χ3v) is 5.76. The summed E-state index contributed by atoms with van der Waals surface area (Å²) in [5.74, 6) is -0.514. The Hall–Kier alpha value is -4.18. The summed E-state index contributed by atoms with van der Waals surface area (Å²) < 4.78 is 108. The van der Waals surface area contributed by atoms with Crippen molar-refractivity contribution in [2.45, 2.75) is 17.2 Å². The minimum absolute atomic E-state index is 0.0533. The van der Waals surface area contributed by atoms with E-state index < -0.39 is 51.1 Å². The van der Waals surface area contributed by atoms with Crippen LogP contribution in [0.3, 0.4) is 0 Å². The third kappa shape index (κ3) is 5.64. The van der Waals surface area contributed by atoms with Crippen molar-refractivity contribution in [1.29, 1.82) is 0 Å². The van der Waals surface area contributed by atoms with E-state index in [4.69, 9.17) is 9.88 Å². The Morgan fingerprint density at radius 2 is 1.65 bits per heavy atom. The number of nitrogens with one attached hydrogen (secondary N) is 1. The van der Waals surface area contributed by atoms with Crippen LogP contribution < -0.4 is 15.2 Å². The van der Waals surface area contributed by atoms with Crippen molar-refractivity contribution in [3.8, 4) is 17.0 Å². The minimum Gasteiger partial charge on any atom is -0.404 e. The van der Waals surface area contributed by atoms with Crippen molar-refractivity contribution < 1.29 is 44.3 Å². The van der Waals surface area contributed by atoms with Crippen LogP contribution >= 0.6 is 0 Å². The number of hydrogen-bond donors (Lipinski definition) is 2. The number of sulfonamides is 1. The standard InChI is InChI=1S/C21H13F6N5O4S/c22-20(23,24)12-6-4-11(5-7-12)15-9-17(21(25,26)27)32-18(31-15)16(10-29-32)36-19(33)30-13-2-1-3-14(8-13)37(28,34)35/h1-10H,(H,30,33)(H2,28,34,35). The monoisotopic (exact) mass is 545 g/mol. The number of anilines is 1. The normalized spacial score (nSPS) is 12.5. The van der Waals surface area contributed by atoms with Crippen LogP contribution in [0.15, 0.2) is 65.7 Å². The first-order valence-corrected chi connectivity index (χ1v) is 11.4. The lowest BCUT2D eigenvalue weighted by molar-refractivity contribution is -0.142. The molecule has 0 aliphatic heterocycles. The van der Waals surface area contributed by atoms with E-state index in [2.05, 4.69) is 15.4 Å². The van der Waals surface area contributed by atoms with Crippen LogP contribution in [0.25, 0.3) is 16.9 Å². The van der Waals surface area contributed by atoms with Gasteiger partial charge in [-0.25, -0.2) is 27.9 Å². The van der Waals surface area contributed by atoms with E-state index in [0.717, 1.165) is 24.4 Å². The number of fused-ring (bicyclic) bond motifs is 1. The highest BCUT2D eigenvalue weighted by molar-refractivity contribution is 7.89. The lowest BCUT2D eigenvalue weighted by Gasteiger charge is -2.12. The first-order chi connectivity index (χ1) is 17.1. The molecule has 0 aliphatic rings. The maximum absolute atomic E-state index is 13.7. The summed E-state index contributed by atoms with van der Waals surface area (Å²) >= 11 is 0. The summed E-state index contributed by atoms with van der Waals surface area (Å²) in [6.45, 7) is 0. The van der Waals surface area contributed by atoms with Crippen LogP contribution in [0.1, 0.15) is 11.3 Å². The molecular weight excluding hydrogens is 532 g/mol. The summed E-state index contributed by atoms with van der Waals surface area (Å²) in [5.41, 5.74) is -3.38. The maximum atomic E-state index is 13.7. The van der Waals surface area contributed by atoms with Crippen molar-refractivity contribution in [3.63, 3.8) is 0 Å². The van der Waals surface area contributed by atoms with Gasteiger partial charge in [0.05, 0.1) is 22.3 Å². The number of primary sulfonamides is 1. The van der Waals surface area contributed by atoms with Crippen molar-refractivity contribution in [1.82, 2.24) is 14.6 Å². The molecule has 2 aromatic heterocycles. The molecule has 4 rings (SSSR count). The predicted molar refractivity (Wildman–Crippen MR) is 116 cm³/mol. The molecule has 0 spiro atoms. The van der Waals surface area contributed by atoms with Gasteiger partial charge in [-0.3, -0.25) is 5.32 Å². The van der Waals surface area contributed by atoms with Crippen molar-refractivity contribution in [2.24, 2.45) is 5.14 Å². The maximum Gasteiger partial charge on any atom is 0.433 e. The van der Waals surface area contributed by atoms with Crippen molar-refractivity contribution in [3.05, 3.63) is 72.1 Å². The number of benzene rings is 2. The summed E-state index contributed by atoms with van der Waals surface area (Å²) in [7, 11) is -4.09. The zero-order valence-electron chi connectivity index (χ0n) is 18.0. The molecule has 194 valence electrons. The molecule has 9 nitrogen and oxygen atoms in total. The average molecular weight is 545 g/mol. The van der Waals surface area contributed by atoms with Gasteiger partial charge in [-0.05, 0) is 36.4 Å². The van der Waals surface area contributed by atoms with Gasteiger partial charge >= 0.3 is 18.4 Å². The molecule has 16 heteroatoms. The molecule has 0 bridgehead atoms. The van der Waals surface area contributed by atoms with Crippen LogP contribution in [0.5, 0.6) is 5.75 Å². The Labute approximate surface area is 203 Å². The quantitative estimate of drug-likeness (QED) is 0.358. The molecule has 0 saturated heterocycles. The number of carbonyl (C=O) groups is 1. The minimum atomic E-state index is -4.96. The van der Waals surface area contributed by atoms with Crippen LogP contribution in [-0.4, -0.2) is 29.1 Å². The first-order valence-electron chi connectivity index (χ1n) is 9.88. The second-order valence-electron chi connectivity index (χ2n) is 7.43. The first kappa shape index (κ1) is 25.9. The molecule has 3 N–H and O–H groups in total. The number of carbonyl (C=O) groups excluding carboxylic acids is 1. The van der Waals surface area contributed by atoms with Gasteiger partial charge in [0.2, 0.25) is 10.0 Å². The van der Waals surface area contributed by atoms with Gasteiger partial charge in [0.1, 0.15) is 0 Å². The fraction of sp³-hybridized carbons (Fsp3) is 0.0952. The molecule has 2 heterocycles. The van der Waals surface area contributed by atoms with Gasteiger partial charge in [0, 0.05) is 11.3 Å². The van der Waals surface area contributed by atoms with E-state index >= 15 is 0 Å². The summed E-state index contributed by atoms with van der Waals surface area (Å²) in [6, 6.07) is 8.63. The largest absolute Gasteiger partial charge is 0.433 e. The van der Waals surface area contributed by atoms with Crippen LogP contribution in [0, 0.1) is 0 Å². The fourth-order valence-corrected chi connectivity index (χ4v) is 3.75. The summed E-state index contributed by atoms with van der Waals surface area (Å²) in [5, 5.41) is 10.8. The number of hydrogen-bond acceptors (Lipinski definition) is 6. The number of aromatic nitrogens is 3. The highest BCUT2D eigenvalue weighted by atomic mass is 32.2. The van der Waals surface area contributed by atoms with E-state index in [1.54, 1.807) is 0 Å². The van der Waals surface area contributed by atoms with E-state index in [1.807, 2.05) is 0 Å². The molecule has 0 fully saturated rings. The van der Waals surface area contributed by atoms with Crippen LogP contribution in [0.4, 0.5) is 36.8 Å². The summed E-state index contributed by atoms with van der Waals surface area (Å²) in [4.78, 5) is 16.0. The average Bonchev–Trinajstić information content (AvgIpc) is 3.19. The van der Waals surface area contributed by atoms with E-state index in [0.29, 0.717) is 22.7 Å². The number of alkyl halides is 6. The number of nitrogens with zero attached hydrogens (tertiary/aromatic N) is 3. The molecule has 0 radical (unpaired) electrons. The molecular formula is C21H13F6N5O4S. The Morgan fingerprint density at radius 3 is 2.24 bits per heavy atom. The molecule has 4 aromatic rings. The second-order valence-corrected chi connectivity index (χ2v) is 8.99. The van der Waals surface area contributed by atoms with Crippen LogP contribution in [0.2, 0.25) is 0 Å². The Bertz CT molecular complexity index is 1600. The predicted octanol–water partition coefficient (Wildman–Crippen LogP) is 4.69. The lowest BCUT2D eigenvalue weighted by Crippen LogP contribution is -2.18. The summed E-state index contributed by atoms with van der Waals surface area (Å²) in [6.07, 6.45) is -10.0. The van der Waals surface area contributed by atoms with Gasteiger partial charge in [-0.2, -0.15) is 31.4 Å². The molecule has 2 aromatic carbocycles. The Balaban J connectivity index is 1.70. The van der Waals surface area contributed by atoms with Gasteiger partial charge in [-0.15, -0.1) is 0 Å². The zero-order valence-corrected chi connectivity index (χ0v) is 18.8. The topological polar surface area (TPSA) is 129 Å². The van der Waals surface area contributed by atoms with E-state index in [-0.39, 0.29) is 21.8 Å². The number of ether oxygens (including phenoxy) is 1. The Kier molecular flexibility index (Phi) is 6.33. The van der Waals surface area contributed by atoms with Gasteiger partial charge in [-0.1, -0.05) is 18.2 Å². The fourth-order valence-electron chi connectivity index (χ4n) is 3.19. The lowest BCUT2D eigenvalue weighted by atomic mass is 10.1. The molecule has 1 amide bonds. The second kappa shape index (κ2) is 9.04. The number of halogens is 6. The third-order valence-electron chi connectivity index (χ3n) is 4.85. The smallest absolute Gasteiger partial charge is 0.404 e. The highest BCUT2D eigenvalue weighted by Crippen LogP contribution is 2.35. The highest BCUT2D eigenvalue weighted by Gasteiger charge is 2.36. The Morgan fingerprint density at radius 1 is 0.973 bits per heavy atom. The molecule has 0 unspecified atom stereocenters. The SMILES string of the molecule is NS(=O)(=O)c1cccc(NC(=O)Oc2cnn3c(C(F)(F)F)cc(-c4ccc(C(F)(F)F)cc4)nc23)c1. The molecule has 0 saturated carbocycles. The van der Waals surface area contributed by atoms with Gasteiger partial charge in [0.25, 0.3) is 0 Å². The number of nitrogens with two attached hydrogens (primary N) is 1. The number of rotatable bonds is 4. The molecule has 0 aliphatic carbocycles. The van der Waals surface area contributed by atoms with Crippen LogP contribution in [-0.2, 0) is 22.4 Å². The van der Waals surface area contributed by atoms with Crippen molar-refractivity contribution in [2.75, 3.05) is 5.32 Å². The number of amides is 1. The molecule has 37 heavy (non-hydrogen) atoms.